The van der Waals surface area contributed by atoms with E-state index in [1.54, 1.807) is 29.7 Å². The van der Waals surface area contributed by atoms with Crippen LogP contribution in [0.5, 0.6) is 0 Å². The first-order valence-corrected chi connectivity index (χ1v) is 7.55. The minimum Gasteiger partial charge on any atom is -0.343 e. The molecular weight excluding hydrogens is 320 g/mol. The Bertz CT molecular complexity index is 706. The topological polar surface area (TPSA) is 85.0 Å². The molecule has 1 N–H and O–H groups in total. The highest BCUT2D eigenvalue weighted by molar-refractivity contribution is 6.30. The number of aromatic nitrogens is 4. The summed E-state index contributed by atoms with van der Waals surface area (Å²) in [6, 6.07) is 0. The number of carbonyl (C=O) groups excluding carboxylic acids is 2. The van der Waals surface area contributed by atoms with Crippen LogP contribution in [0.3, 0.4) is 0 Å². The van der Waals surface area contributed by atoms with Crippen molar-refractivity contribution in [2.24, 2.45) is 0 Å². The number of amides is 2. The van der Waals surface area contributed by atoms with Gasteiger partial charge in [-0.25, -0.2) is 0 Å². The predicted molar refractivity (Wildman–Crippen MR) is 86.4 cm³/mol. The van der Waals surface area contributed by atoms with Crippen LogP contribution in [0, 0.1) is 0 Å². The fraction of sp³-hybridized carbons (Fsp3) is 0.429. The summed E-state index contributed by atoms with van der Waals surface area (Å²) in [6.45, 7) is 2.82. The van der Waals surface area contributed by atoms with Crippen LogP contribution in [0.25, 0.3) is 0 Å². The second-order valence-corrected chi connectivity index (χ2v) is 5.58. The molecule has 9 heteroatoms. The Hall–Kier alpha value is -2.35. The van der Waals surface area contributed by atoms with Crippen molar-refractivity contribution in [3.05, 3.63) is 29.3 Å². The van der Waals surface area contributed by atoms with Crippen LogP contribution >= 0.6 is 11.6 Å². The van der Waals surface area contributed by atoms with Crippen LogP contribution in [-0.4, -0.2) is 50.4 Å². The normalized spacial score (nSPS) is 10.6. The van der Waals surface area contributed by atoms with E-state index in [0.29, 0.717) is 29.5 Å². The summed E-state index contributed by atoms with van der Waals surface area (Å²) in [5.41, 5.74) is 0.780. The van der Waals surface area contributed by atoms with Crippen molar-refractivity contribution >= 4 is 29.1 Å². The lowest BCUT2D eigenvalue weighted by Crippen LogP contribution is -2.26. The number of hydrogen-bond acceptors (Lipinski definition) is 4. The van der Waals surface area contributed by atoms with E-state index in [9.17, 15) is 9.59 Å². The highest BCUT2D eigenvalue weighted by Gasteiger charge is 2.20. The van der Waals surface area contributed by atoms with Crippen LogP contribution in [0.1, 0.15) is 23.8 Å². The van der Waals surface area contributed by atoms with Crippen molar-refractivity contribution in [2.45, 2.75) is 26.4 Å². The van der Waals surface area contributed by atoms with Crippen molar-refractivity contribution in [1.29, 1.82) is 0 Å². The molecule has 2 amide bonds. The van der Waals surface area contributed by atoms with Gasteiger partial charge in [-0.15, -0.1) is 0 Å². The maximum Gasteiger partial charge on any atom is 0.273 e. The molecule has 2 heterocycles. The van der Waals surface area contributed by atoms with E-state index in [1.807, 2.05) is 6.92 Å². The first-order valence-electron chi connectivity index (χ1n) is 7.17. The van der Waals surface area contributed by atoms with E-state index < -0.39 is 0 Å². The summed E-state index contributed by atoms with van der Waals surface area (Å²) < 4.78 is 3.15. The predicted octanol–water partition coefficient (Wildman–Crippen LogP) is 1.48. The molecule has 0 saturated carbocycles. The molecule has 0 unspecified atom stereocenters. The van der Waals surface area contributed by atoms with Crippen LogP contribution in [0.15, 0.2) is 18.6 Å². The Labute approximate surface area is 139 Å². The van der Waals surface area contributed by atoms with E-state index in [0.717, 1.165) is 0 Å². The summed E-state index contributed by atoms with van der Waals surface area (Å²) in [5.74, 6) is -0.432. The van der Waals surface area contributed by atoms with Gasteiger partial charge in [0, 0.05) is 39.8 Å². The summed E-state index contributed by atoms with van der Waals surface area (Å²) in [4.78, 5) is 25.8. The standard InChI is InChI=1S/C14H19ClN6O2/c1-4-21-13(14(23)19(2)3)11(8-17-21)18-12(22)5-6-20-9-10(15)7-16-20/h7-9H,4-6H2,1-3H3,(H,18,22). The summed E-state index contributed by atoms with van der Waals surface area (Å²) in [7, 11) is 3.31. The summed E-state index contributed by atoms with van der Waals surface area (Å²) in [5, 5.41) is 11.4. The smallest absolute Gasteiger partial charge is 0.273 e. The quantitative estimate of drug-likeness (QED) is 0.864. The third-order valence-corrected chi connectivity index (χ3v) is 3.39. The molecule has 0 atom stereocenters. The van der Waals surface area contributed by atoms with Crippen LogP contribution < -0.4 is 5.32 Å². The molecular formula is C14H19ClN6O2. The molecule has 23 heavy (non-hydrogen) atoms. The van der Waals surface area contributed by atoms with E-state index in [1.165, 1.54) is 17.3 Å². The van der Waals surface area contributed by atoms with E-state index >= 15 is 0 Å². The van der Waals surface area contributed by atoms with Gasteiger partial charge in [0.25, 0.3) is 5.91 Å². The lowest BCUT2D eigenvalue weighted by Gasteiger charge is -2.13. The molecule has 124 valence electrons. The average Bonchev–Trinajstić information content (AvgIpc) is 3.10. The molecule has 0 aromatic carbocycles. The minimum atomic E-state index is -0.222. The molecule has 0 bridgehead atoms. The van der Waals surface area contributed by atoms with E-state index in [-0.39, 0.29) is 18.2 Å². The zero-order chi connectivity index (χ0) is 17.0. The number of anilines is 1. The highest BCUT2D eigenvalue weighted by atomic mass is 35.5. The summed E-state index contributed by atoms with van der Waals surface area (Å²) >= 11 is 5.77. The number of hydrogen-bond donors (Lipinski definition) is 1. The van der Waals surface area contributed by atoms with Gasteiger partial charge in [-0.05, 0) is 6.92 Å². The van der Waals surface area contributed by atoms with Gasteiger partial charge in [-0.3, -0.25) is 19.0 Å². The Morgan fingerprint density at radius 2 is 2.04 bits per heavy atom. The number of nitrogens with one attached hydrogen (secondary N) is 1. The molecule has 0 radical (unpaired) electrons. The third-order valence-electron chi connectivity index (χ3n) is 3.19. The maximum absolute atomic E-state index is 12.3. The number of halogens is 1. The van der Waals surface area contributed by atoms with Gasteiger partial charge in [0.1, 0.15) is 5.69 Å². The van der Waals surface area contributed by atoms with Gasteiger partial charge in [0.15, 0.2) is 0 Å². The van der Waals surface area contributed by atoms with Crippen LogP contribution in [-0.2, 0) is 17.9 Å². The van der Waals surface area contributed by atoms with Gasteiger partial charge < -0.3 is 10.2 Å². The van der Waals surface area contributed by atoms with Crippen molar-refractivity contribution in [1.82, 2.24) is 24.5 Å². The van der Waals surface area contributed by atoms with Crippen molar-refractivity contribution in [3.8, 4) is 0 Å². The van der Waals surface area contributed by atoms with Gasteiger partial charge in [0.2, 0.25) is 5.91 Å². The Morgan fingerprint density at radius 3 is 2.61 bits per heavy atom. The fourth-order valence-electron chi connectivity index (χ4n) is 2.04. The minimum absolute atomic E-state index is 0.210. The van der Waals surface area contributed by atoms with Gasteiger partial charge >= 0.3 is 0 Å². The number of aryl methyl sites for hydroxylation is 2. The SMILES string of the molecule is CCn1ncc(NC(=O)CCn2cc(Cl)cn2)c1C(=O)N(C)C. The Kier molecular flexibility index (Phi) is 5.38. The highest BCUT2D eigenvalue weighted by Crippen LogP contribution is 2.17. The maximum atomic E-state index is 12.3. The molecule has 0 aliphatic rings. The van der Waals surface area contributed by atoms with Gasteiger partial charge in [-0.2, -0.15) is 10.2 Å². The molecule has 0 spiro atoms. The zero-order valence-electron chi connectivity index (χ0n) is 13.3. The van der Waals surface area contributed by atoms with Crippen molar-refractivity contribution in [3.63, 3.8) is 0 Å². The number of nitrogens with zero attached hydrogens (tertiary/aromatic N) is 5. The first-order chi connectivity index (χ1) is 10.9. The average molecular weight is 339 g/mol. The molecule has 0 aliphatic heterocycles. The number of carbonyl (C=O) groups is 2. The van der Waals surface area contributed by atoms with Gasteiger partial charge in [-0.1, -0.05) is 11.6 Å². The molecule has 2 aromatic rings. The Morgan fingerprint density at radius 1 is 1.30 bits per heavy atom. The zero-order valence-corrected chi connectivity index (χ0v) is 14.0. The molecule has 2 aromatic heterocycles. The molecule has 2 rings (SSSR count). The van der Waals surface area contributed by atoms with Crippen LogP contribution in [0.2, 0.25) is 5.02 Å². The molecule has 0 aliphatic carbocycles. The Balaban J connectivity index is 2.05. The second kappa shape index (κ2) is 7.28. The largest absolute Gasteiger partial charge is 0.343 e. The molecule has 0 saturated heterocycles. The second-order valence-electron chi connectivity index (χ2n) is 5.14. The van der Waals surface area contributed by atoms with Crippen molar-refractivity contribution < 1.29 is 9.59 Å². The number of rotatable bonds is 6. The monoisotopic (exact) mass is 338 g/mol. The van der Waals surface area contributed by atoms with Crippen molar-refractivity contribution in [2.75, 3.05) is 19.4 Å². The first kappa shape index (κ1) is 17.0. The van der Waals surface area contributed by atoms with Crippen LogP contribution in [0.4, 0.5) is 5.69 Å². The molecule has 8 nitrogen and oxygen atoms in total. The summed E-state index contributed by atoms with van der Waals surface area (Å²) in [6.07, 6.45) is 4.86. The third kappa shape index (κ3) is 4.10. The lowest BCUT2D eigenvalue weighted by atomic mass is 10.3. The van der Waals surface area contributed by atoms with Gasteiger partial charge in [0.05, 0.1) is 23.1 Å². The van der Waals surface area contributed by atoms with E-state index in [2.05, 4.69) is 15.5 Å². The molecule has 0 fully saturated rings. The fourth-order valence-corrected chi connectivity index (χ4v) is 2.20. The lowest BCUT2D eigenvalue weighted by molar-refractivity contribution is -0.116. The van der Waals surface area contributed by atoms with E-state index in [4.69, 9.17) is 11.6 Å².